The summed E-state index contributed by atoms with van der Waals surface area (Å²) >= 11 is 0. The van der Waals surface area contributed by atoms with Gasteiger partial charge in [0.05, 0.1) is 0 Å². The van der Waals surface area contributed by atoms with Gasteiger partial charge in [-0.05, 0) is 5.56 Å². The quantitative estimate of drug-likeness (QED) is 0.676. The third kappa shape index (κ3) is 1.78. The molecule has 1 radical (unpaired) electrons. The van der Waals surface area contributed by atoms with Crippen molar-refractivity contribution in [2.75, 3.05) is 0 Å². The van der Waals surface area contributed by atoms with Gasteiger partial charge in [-0.25, -0.2) is 4.98 Å². The molecule has 1 aromatic carbocycles. The first-order chi connectivity index (χ1) is 6.36. The Kier molecular flexibility index (Phi) is 2.13. The van der Waals surface area contributed by atoms with Gasteiger partial charge in [-0.3, -0.25) is 0 Å². The largest absolute Gasteiger partial charge is 0.331 e. The zero-order valence-electron chi connectivity index (χ0n) is 7.35. The molecule has 0 aliphatic carbocycles. The molecule has 0 N–H and O–H groups in total. The zero-order valence-corrected chi connectivity index (χ0v) is 7.35. The molecule has 2 rings (SSSR count). The molecule has 0 atom stereocenters. The van der Waals surface area contributed by atoms with Crippen molar-refractivity contribution in [3.05, 3.63) is 61.0 Å². The maximum atomic E-state index is 4.06. The summed E-state index contributed by atoms with van der Waals surface area (Å²) in [7, 11) is 0. The van der Waals surface area contributed by atoms with Crippen molar-refractivity contribution in [1.82, 2.24) is 9.55 Å². The Hall–Kier alpha value is -1.57. The molecule has 0 aliphatic heterocycles. The van der Waals surface area contributed by atoms with Crippen LogP contribution in [0.4, 0.5) is 0 Å². The highest BCUT2D eigenvalue weighted by Crippen LogP contribution is 2.03. The van der Waals surface area contributed by atoms with Crippen LogP contribution >= 0.6 is 0 Å². The summed E-state index contributed by atoms with van der Waals surface area (Å²) in [6.45, 7) is 4.68. The second kappa shape index (κ2) is 3.44. The van der Waals surface area contributed by atoms with Gasteiger partial charge in [0.2, 0.25) is 0 Å². The first-order valence-corrected chi connectivity index (χ1v) is 4.23. The molecule has 0 bridgehead atoms. The first kappa shape index (κ1) is 8.05. The predicted octanol–water partition coefficient (Wildman–Crippen LogP) is 2.11. The van der Waals surface area contributed by atoms with Crippen LogP contribution in [-0.4, -0.2) is 9.55 Å². The van der Waals surface area contributed by atoms with Crippen molar-refractivity contribution in [3.8, 4) is 0 Å². The standard InChI is InChI=1S/C11H11N2/c1-10-12-7-8-13(10)9-11-5-3-2-4-6-11/h2-8H,1,9H2. The SMILES string of the molecule is [CH2]c1nccn1Cc1ccccc1. The van der Waals surface area contributed by atoms with Crippen molar-refractivity contribution in [1.29, 1.82) is 0 Å². The van der Waals surface area contributed by atoms with E-state index >= 15 is 0 Å². The van der Waals surface area contributed by atoms with Gasteiger partial charge in [-0.15, -0.1) is 0 Å². The van der Waals surface area contributed by atoms with Gasteiger partial charge >= 0.3 is 0 Å². The highest BCUT2D eigenvalue weighted by molar-refractivity contribution is 5.16. The van der Waals surface area contributed by atoms with E-state index in [-0.39, 0.29) is 0 Å². The fraction of sp³-hybridized carbons (Fsp3) is 0.0909. The molecule has 0 amide bonds. The van der Waals surface area contributed by atoms with Crippen LogP contribution in [0.15, 0.2) is 42.7 Å². The summed E-state index contributed by atoms with van der Waals surface area (Å²) in [5.41, 5.74) is 1.27. The Morgan fingerprint density at radius 1 is 1.23 bits per heavy atom. The van der Waals surface area contributed by atoms with E-state index in [9.17, 15) is 0 Å². The van der Waals surface area contributed by atoms with Crippen LogP contribution in [0.1, 0.15) is 11.4 Å². The Bertz CT molecular complexity index is 376. The molecule has 0 fully saturated rings. The highest BCUT2D eigenvalue weighted by atomic mass is 15.0. The maximum Gasteiger partial charge on any atom is 0.109 e. The van der Waals surface area contributed by atoms with Crippen LogP contribution < -0.4 is 0 Å². The molecule has 0 aliphatic rings. The molecule has 0 saturated carbocycles. The van der Waals surface area contributed by atoms with Gasteiger partial charge in [0.15, 0.2) is 0 Å². The fourth-order valence-corrected chi connectivity index (χ4v) is 1.28. The Morgan fingerprint density at radius 2 is 2.00 bits per heavy atom. The lowest BCUT2D eigenvalue weighted by atomic mass is 10.2. The number of imidazole rings is 1. The number of rotatable bonds is 2. The highest BCUT2D eigenvalue weighted by Gasteiger charge is 1.96. The van der Waals surface area contributed by atoms with E-state index in [0.717, 1.165) is 12.4 Å². The first-order valence-electron chi connectivity index (χ1n) is 4.23. The number of nitrogens with zero attached hydrogens (tertiary/aromatic N) is 2. The molecule has 2 nitrogen and oxygen atoms in total. The lowest BCUT2D eigenvalue weighted by Gasteiger charge is -2.03. The lowest BCUT2D eigenvalue weighted by Crippen LogP contribution is -1.99. The minimum absolute atomic E-state index is 0.809. The topological polar surface area (TPSA) is 17.8 Å². The average Bonchev–Trinajstić information content (AvgIpc) is 2.54. The number of hydrogen-bond donors (Lipinski definition) is 0. The predicted molar refractivity (Wildman–Crippen MR) is 52.2 cm³/mol. The van der Waals surface area contributed by atoms with E-state index in [1.807, 2.05) is 29.0 Å². The molecule has 65 valence electrons. The van der Waals surface area contributed by atoms with Gasteiger partial charge in [0.25, 0.3) is 0 Å². The van der Waals surface area contributed by atoms with Crippen LogP contribution in [-0.2, 0) is 6.54 Å². The minimum Gasteiger partial charge on any atom is -0.331 e. The van der Waals surface area contributed by atoms with E-state index in [4.69, 9.17) is 0 Å². The van der Waals surface area contributed by atoms with Crippen LogP contribution in [0.2, 0.25) is 0 Å². The van der Waals surface area contributed by atoms with E-state index in [1.54, 1.807) is 6.20 Å². The Balaban J connectivity index is 2.20. The van der Waals surface area contributed by atoms with Gasteiger partial charge in [0.1, 0.15) is 5.82 Å². The summed E-state index contributed by atoms with van der Waals surface area (Å²) in [5, 5.41) is 0. The third-order valence-electron chi connectivity index (χ3n) is 2.00. The van der Waals surface area contributed by atoms with E-state index in [0.29, 0.717) is 0 Å². The van der Waals surface area contributed by atoms with Gasteiger partial charge < -0.3 is 4.57 Å². The molecule has 1 aromatic heterocycles. The molecule has 1 heterocycles. The number of aromatic nitrogens is 2. The van der Waals surface area contributed by atoms with Crippen molar-refractivity contribution in [3.63, 3.8) is 0 Å². The summed E-state index contributed by atoms with van der Waals surface area (Å²) in [4.78, 5) is 4.06. The summed E-state index contributed by atoms with van der Waals surface area (Å²) < 4.78 is 2.02. The van der Waals surface area contributed by atoms with E-state index < -0.39 is 0 Å². The van der Waals surface area contributed by atoms with E-state index in [1.165, 1.54) is 5.56 Å². The summed E-state index contributed by atoms with van der Waals surface area (Å²) in [6, 6.07) is 10.3. The zero-order chi connectivity index (χ0) is 9.10. The number of benzene rings is 1. The Morgan fingerprint density at radius 3 is 2.62 bits per heavy atom. The molecular weight excluding hydrogens is 160 g/mol. The van der Waals surface area contributed by atoms with Crippen molar-refractivity contribution >= 4 is 0 Å². The fourth-order valence-electron chi connectivity index (χ4n) is 1.28. The molecule has 0 unspecified atom stereocenters. The van der Waals surface area contributed by atoms with Gasteiger partial charge in [-0.1, -0.05) is 30.3 Å². The molecule has 0 saturated heterocycles. The Labute approximate surface area is 77.9 Å². The second-order valence-electron chi connectivity index (χ2n) is 2.96. The van der Waals surface area contributed by atoms with Crippen molar-refractivity contribution < 1.29 is 0 Å². The molecule has 2 aromatic rings. The maximum absolute atomic E-state index is 4.06. The lowest BCUT2D eigenvalue weighted by molar-refractivity contribution is 0.779. The monoisotopic (exact) mass is 171 g/mol. The molecule has 13 heavy (non-hydrogen) atoms. The molecular formula is C11H11N2. The molecule has 0 spiro atoms. The van der Waals surface area contributed by atoms with Crippen molar-refractivity contribution in [2.45, 2.75) is 6.54 Å². The van der Waals surface area contributed by atoms with Crippen LogP contribution in [0.5, 0.6) is 0 Å². The second-order valence-corrected chi connectivity index (χ2v) is 2.96. The smallest absolute Gasteiger partial charge is 0.109 e. The summed E-state index contributed by atoms with van der Waals surface area (Å²) in [5.74, 6) is 0.809. The van der Waals surface area contributed by atoms with Crippen LogP contribution in [0.25, 0.3) is 0 Å². The average molecular weight is 171 g/mol. The molecule has 2 heteroatoms. The van der Waals surface area contributed by atoms with Gasteiger partial charge in [0, 0.05) is 25.9 Å². The minimum atomic E-state index is 0.809. The normalized spacial score (nSPS) is 10.2. The number of hydrogen-bond acceptors (Lipinski definition) is 1. The van der Waals surface area contributed by atoms with Crippen LogP contribution in [0, 0.1) is 6.92 Å². The van der Waals surface area contributed by atoms with Crippen molar-refractivity contribution in [2.24, 2.45) is 0 Å². The van der Waals surface area contributed by atoms with E-state index in [2.05, 4.69) is 24.0 Å². The summed E-state index contributed by atoms with van der Waals surface area (Å²) in [6.07, 6.45) is 3.71. The third-order valence-corrected chi connectivity index (χ3v) is 2.00. The van der Waals surface area contributed by atoms with Gasteiger partial charge in [-0.2, -0.15) is 0 Å². The van der Waals surface area contributed by atoms with Crippen LogP contribution in [0.3, 0.4) is 0 Å².